The van der Waals surface area contributed by atoms with E-state index in [0.717, 1.165) is 42.0 Å². The first-order chi connectivity index (χ1) is 16.8. The predicted octanol–water partition coefficient (Wildman–Crippen LogP) is 3.63. The van der Waals surface area contributed by atoms with Crippen molar-refractivity contribution in [2.24, 2.45) is 5.92 Å². The summed E-state index contributed by atoms with van der Waals surface area (Å²) >= 11 is 1.70. The van der Waals surface area contributed by atoms with E-state index in [9.17, 15) is 9.59 Å². The first-order valence-corrected chi connectivity index (χ1v) is 12.7. The molecule has 0 bridgehead atoms. The van der Waals surface area contributed by atoms with E-state index in [4.69, 9.17) is 4.42 Å². The van der Waals surface area contributed by atoms with E-state index in [2.05, 4.69) is 34.0 Å². The molecule has 0 unspecified atom stereocenters. The van der Waals surface area contributed by atoms with E-state index < -0.39 is 0 Å². The summed E-state index contributed by atoms with van der Waals surface area (Å²) in [5.74, 6) is 0.513. The van der Waals surface area contributed by atoms with Crippen molar-refractivity contribution < 1.29 is 9.21 Å². The lowest BCUT2D eigenvalue weighted by Crippen LogP contribution is -2.38. The molecule has 35 heavy (non-hydrogen) atoms. The van der Waals surface area contributed by atoms with Gasteiger partial charge in [0.2, 0.25) is 5.91 Å². The number of aromatic nitrogens is 3. The van der Waals surface area contributed by atoms with Crippen LogP contribution in [0.2, 0.25) is 0 Å². The van der Waals surface area contributed by atoms with Crippen LogP contribution in [0.4, 0.5) is 11.5 Å². The third-order valence-electron chi connectivity index (χ3n) is 6.82. The Labute approximate surface area is 207 Å². The molecule has 1 aliphatic rings. The number of oxazole rings is 1. The van der Waals surface area contributed by atoms with Gasteiger partial charge in [-0.05, 0) is 64.5 Å². The van der Waals surface area contributed by atoms with Gasteiger partial charge in [0.1, 0.15) is 17.0 Å². The Morgan fingerprint density at radius 3 is 2.74 bits per heavy atom. The SMILES string of the molecule is Cc1sc2ncnc(N3CCC(C(=O)Nc4ccc5oc(=O)n(CCN(C)C)c5c4)CC3)c2c1C. The molecule has 4 heterocycles. The maximum atomic E-state index is 13.1. The van der Waals surface area contributed by atoms with E-state index in [1.54, 1.807) is 34.4 Å². The Kier molecular flexibility index (Phi) is 6.33. The lowest BCUT2D eigenvalue weighted by Gasteiger charge is -2.32. The topological polar surface area (TPSA) is 96.5 Å². The fraction of sp³-hybridized carbons (Fsp3) is 0.440. The lowest BCUT2D eigenvalue weighted by molar-refractivity contribution is -0.120. The number of hydrogen-bond donors (Lipinski definition) is 1. The van der Waals surface area contributed by atoms with Crippen LogP contribution in [0.1, 0.15) is 23.3 Å². The molecular formula is C25H30N6O3S. The minimum atomic E-state index is -0.382. The molecule has 1 aromatic carbocycles. The summed E-state index contributed by atoms with van der Waals surface area (Å²) in [6, 6.07) is 5.35. The summed E-state index contributed by atoms with van der Waals surface area (Å²) in [5.41, 5.74) is 3.12. The summed E-state index contributed by atoms with van der Waals surface area (Å²) in [4.78, 5) is 40.9. The van der Waals surface area contributed by atoms with Crippen molar-refractivity contribution >= 4 is 50.1 Å². The molecule has 0 aliphatic carbocycles. The van der Waals surface area contributed by atoms with Crippen molar-refractivity contribution in [3.8, 4) is 0 Å². The van der Waals surface area contributed by atoms with Crippen LogP contribution in [0.25, 0.3) is 21.3 Å². The monoisotopic (exact) mass is 494 g/mol. The number of hydrogen-bond acceptors (Lipinski definition) is 8. The van der Waals surface area contributed by atoms with Gasteiger partial charge in [-0.2, -0.15) is 0 Å². The highest BCUT2D eigenvalue weighted by Crippen LogP contribution is 2.35. The molecule has 4 aromatic rings. The third kappa shape index (κ3) is 4.55. The summed E-state index contributed by atoms with van der Waals surface area (Å²) < 4.78 is 6.97. The second kappa shape index (κ2) is 9.43. The van der Waals surface area contributed by atoms with Gasteiger partial charge < -0.3 is 19.5 Å². The van der Waals surface area contributed by atoms with Crippen molar-refractivity contribution in [1.29, 1.82) is 0 Å². The predicted molar refractivity (Wildman–Crippen MR) is 139 cm³/mol. The number of likely N-dealkylation sites (N-methyl/N-ethyl adjacent to an activating group) is 1. The molecule has 0 radical (unpaired) electrons. The molecule has 1 saturated heterocycles. The zero-order chi connectivity index (χ0) is 24.7. The second-order valence-electron chi connectivity index (χ2n) is 9.42. The highest BCUT2D eigenvalue weighted by molar-refractivity contribution is 7.18. The number of carbonyl (C=O) groups is 1. The maximum absolute atomic E-state index is 13.1. The Bertz CT molecular complexity index is 1440. The van der Waals surface area contributed by atoms with E-state index in [1.807, 2.05) is 25.1 Å². The molecule has 3 aromatic heterocycles. The van der Waals surface area contributed by atoms with Gasteiger partial charge in [-0.3, -0.25) is 9.36 Å². The van der Waals surface area contributed by atoms with E-state index in [1.165, 1.54) is 10.4 Å². The summed E-state index contributed by atoms with van der Waals surface area (Å²) in [6.07, 6.45) is 3.14. The molecule has 9 nitrogen and oxygen atoms in total. The number of nitrogens with one attached hydrogen (secondary N) is 1. The van der Waals surface area contributed by atoms with Crippen LogP contribution < -0.4 is 16.0 Å². The highest BCUT2D eigenvalue weighted by atomic mass is 32.1. The van der Waals surface area contributed by atoms with Crippen molar-refractivity contribution in [1.82, 2.24) is 19.4 Å². The molecule has 0 saturated carbocycles. The van der Waals surface area contributed by atoms with Gasteiger partial charge in [-0.25, -0.2) is 14.8 Å². The number of fused-ring (bicyclic) bond motifs is 2. The number of rotatable bonds is 6. The van der Waals surface area contributed by atoms with Crippen molar-refractivity contribution in [3.63, 3.8) is 0 Å². The van der Waals surface area contributed by atoms with Crippen LogP contribution in [-0.4, -0.2) is 59.1 Å². The molecule has 184 valence electrons. The van der Waals surface area contributed by atoms with E-state index in [0.29, 0.717) is 29.9 Å². The van der Waals surface area contributed by atoms with Crippen molar-refractivity contribution in [3.05, 3.63) is 45.5 Å². The van der Waals surface area contributed by atoms with Crippen molar-refractivity contribution in [2.75, 3.05) is 43.9 Å². The molecular weight excluding hydrogens is 464 g/mol. The average Bonchev–Trinajstić information content (AvgIpc) is 3.32. The van der Waals surface area contributed by atoms with Gasteiger partial charge in [0.25, 0.3) is 0 Å². The number of aryl methyl sites for hydroxylation is 2. The summed E-state index contributed by atoms with van der Waals surface area (Å²) in [6.45, 7) is 7.01. The van der Waals surface area contributed by atoms with Gasteiger partial charge in [0.05, 0.1) is 10.9 Å². The minimum absolute atomic E-state index is 0.00470. The first-order valence-electron chi connectivity index (χ1n) is 11.9. The average molecular weight is 495 g/mol. The largest absolute Gasteiger partial charge is 0.419 e. The first kappa shape index (κ1) is 23.5. The van der Waals surface area contributed by atoms with Gasteiger partial charge in [0, 0.05) is 42.7 Å². The van der Waals surface area contributed by atoms with Gasteiger partial charge in [-0.1, -0.05) is 0 Å². The van der Waals surface area contributed by atoms with E-state index in [-0.39, 0.29) is 17.6 Å². The van der Waals surface area contributed by atoms with Crippen LogP contribution in [-0.2, 0) is 11.3 Å². The summed E-state index contributed by atoms with van der Waals surface area (Å²) in [7, 11) is 3.92. The summed E-state index contributed by atoms with van der Waals surface area (Å²) in [5, 5.41) is 4.18. The standard InChI is InChI=1S/C25H30N6O3S/c1-15-16(2)35-24-21(15)22(26-14-27-24)30-9-7-17(8-10-30)23(32)28-18-5-6-20-19(13-18)31(25(33)34-20)12-11-29(3)4/h5-6,13-14,17H,7-12H2,1-4H3,(H,28,32). The van der Waals surface area contributed by atoms with Crippen LogP contribution >= 0.6 is 11.3 Å². The molecule has 1 amide bonds. The number of piperidine rings is 1. The van der Waals surface area contributed by atoms with Gasteiger partial charge in [0.15, 0.2) is 5.58 Å². The normalized spacial score (nSPS) is 14.9. The number of benzene rings is 1. The molecule has 1 N–H and O–H groups in total. The fourth-order valence-corrected chi connectivity index (χ4v) is 5.64. The van der Waals surface area contributed by atoms with Crippen molar-refractivity contribution in [2.45, 2.75) is 33.2 Å². The molecule has 0 atom stereocenters. The number of anilines is 2. The number of nitrogens with zero attached hydrogens (tertiary/aromatic N) is 5. The molecule has 1 aliphatic heterocycles. The van der Waals surface area contributed by atoms with Gasteiger partial charge in [-0.15, -0.1) is 11.3 Å². The number of amides is 1. The Morgan fingerprint density at radius 2 is 2.00 bits per heavy atom. The molecule has 5 rings (SSSR count). The number of thiophene rings is 1. The number of carbonyl (C=O) groups excluding carboxylic acids is 1. The van der Waals surface area contributed by atoms with Gasteiger partial charge >= 0.3 is 5.76 Å². The minimum Gasteiger partial charge on any atom is -0.408 e. The Morgan fingerprint density at radius 1 is 1.23 bits per heavy atom. The Balaban J connectivity index is 1.27. The maximum Gasteiger partial charge on any atom is 0.419 e. The fourth-order valence-electron chi connectivity index (χ4n) is 4.65. The molecule has 0 spiro atoms. The Hall–Kier alpha value is -3.24. The zero-order valence-corrected chi connectivity index (χ0v) is 21.3. The smallest absolute Gasteiger partial charge is 0.408 e. The third-order valence-corrected chi connectivity index (χ3v) is 7.93. The van der Waals surface area contributed by atoms with Crippen LogP contribution in [0, 0.1) is 19.8 Å². The van der Waals surface area contributed by atoms with E-state index >= 15 is 0 Å². The quantitative estimate of drug-likeness (QED) is 0.437. The van der Waals surface area contributed by atoms with Crippen LogP contribution in [0.15, 0.2) is 33.7 Å². The lowest BCUT2D eigenvalue weighted by atomic mass is 9.95. The zero-order valence-electron chi connectivity index (χ0n) is 20.5. The molecule has 10 heteroatoms. The highest BCUT2D eigenvalue weighted by Gasteiger charge is 2.27. The van der Waals surface area contributed by atoms with Crippen LogP contribution in [0.3, 0.4) is 0 Å². The van der Waals surface area contributed by atoms with Crippen LogP contribution in [0.5, 0.6) is 0 Å². The second-order valence-corrected chi connectivity index (χ2v) is 10.6. The molecule has 1 fully saturated rings.